The highest BCUT2D eigenvalue weighted by Crippen LogP contribution is 2.45. The Morgan fingerprint density at radius 3 is 2.70 bits per heavy atom. The van der Waals surface area contributed by atoms with Gasteiger partial charge in [-0.1, -0.05) is 24.4 Å². The van der Waals surface area contributed by atoms with E-state index in [1.165, 1.54) is 34.5 Å². The second-order valence-corrected chi connectivity index (χ2v) is 10.0. The molecule has 12 heteroatoms. The molecule has 2 aliphatic rings. The molecule has 10 nitrogen and oxygen atoms in total. The van der Waals surface area contributed by atoms with Gasteiger partial charge in [-0.2, -0.15) is 0 Å². The first-order chi connectivity index (χ1) is 18.0. The summed E-state index contributed by atoms with van der Waals surface area (Å²) in [6.07, 6.45) is 4.05. The quantitative estimate of drug-likeness (QED) is 0.345. The van der Waals surface area contributed by atoms with Gasteiger partial charge >= 0.3 is 6.09 Å². The number of carbonyl (C=O) groups excluding carboxylic acids is 3. The largest absolute Gasteiger partial charge is 0.497 e. The van der Waals surface area contributed by atoms with Crippen molar-refractivity contribution in [2.45, 2.75) is 28.9 Å². The maximum absolute atomic E-state index is 13.5. The predicted octanol–water partition coefficient (Wildman–Crippen LogP) is 2.91. The molecule has 4 rings (SSSR count). The van der Waals surface area contributed by atoms with Crippen LogP contribution in [0, 0.1) is 0 Å². The van der Waals surface area contributed by atoms with Crippen LogP contribution in [0.15, 0.2) is 70.6 Å². The second kappa shape index (κ2) is 12.1. The van der Waals surface area contributed by atoms with Crippen molar-refractivity contribution < 1.29 is 28.6 Å². The zero-order valence-corrected chi connectivity index (χ0v) is 21.8. The van der Waals surface area contributed by atoms with E-state index in [0.29, 0.717) is 16.4 Å². The number of carbonyl (C=O) groups is 3. The van der Waals surface area contributed by atoms with E-state index in [2.05, 4.69) is 22.2 Å². The molecule has 1 saturated heterocycles. The molecule has 2 aliphatic heterocycles. The number of rotatable bonds is 10. The number of methoxy groups -OCH3 is 2. The molecule has 0 bridgehead atoms. The van der Waals surface area contributed by atoms with Gasteiger partial charge in [0, 0.05) is 40.4 Å². The van der Waals surface area contributed by atoms with E-state index in [1.807, 2.05) is 23.6 Å². The van der Waals surface area contributed by atoms with E-state index in [4.69, 9.17) is 14.2 Å². The van der Waals surface area contributed by atoms with Crippen LogP contribution in [0.4, 0.5) is 4.79 Å². The molecule has 3 heterocycles. The topological polar surface area (TPSA) is 119 Å². The summed E-state index contributed by atoms with van der Waals surface area (Å²) in [5.74, 6) is 0.489. The Morgan fingerprint density at radius 2 is 2.00 bits per heavy atom. The number of fused-ring (bicyclic) bond motifs is 1. The number of hydrogen-bond donors (Lipinski definition) is 2. The summed E-state index contributed by atoms with van der Waals surface area (Å²) in [5.41, 5.74) is 0.755. The first-order valence-electron chi connectivity index (χ1n) is 11.2. The van der Waals surface area contributed by atoms with Crippen LogP contribution in [0.25, 0.3) is 0 Å². The van der Waals surface area contributed by atoms with Crippen LogP contribution in [-0.4, -0.2) is 66.1 Å². The third kappa shape index (κ3) is 5.86. The van der Waals surface area contributed by atoms with Crippen molar-refractivity contribution in [3.63, 3.8) is 0 Å². The molecule has 1 fully saturated rings. The molecule has 37 heavy (non-hydrogen) atoms. The number of hydrogen-bond acceptors (Lipinski definition) is 9. The average molecular weight is 543 g/mol. The van der Waals surface area contributed by atoms with Gasteiger partial charge in [0.2, 0.25) is 11.8 Å². The minimum Gasteiger partial charge on any atom is -0.497 e. The highest BCUT2D eigenvalue weighted by molar-refractivity contribution is 8.06. The lowest BCUT2D eigenvalue weighted by molar-refractivity contribution is -0.152. The summed E-state index contributed by atoms with van der Waals surface area (Å²) < 4.78 is 15.6. The number of benzene rings is 1. The zero-order chi connectivity index (χ0) is 26.4. The van der Waals surface area contributed by atoms with Crippen LogP contribution in [0.5, 0.6) is 11.5 Å². The molecule has 1 aromatic carbocycles. The van der Waals surface area contributed by atoms with Crippen LogP contribution in [-0.2, 0) is 20.9 Å². The maximum atomic E-state index is 13.5. The van der Waals surface area contributed by atoms with Crippen molar-refractivity contribution in [2.24, 2.45) is 0 Å². The van der Waals surface area contributed by atoms with Gasteiger partial charge in [0.05, 0.1) is 14.2 Å². The molecule has 3 amide bonds. The predicted molar refractivity (Wildman–Crippen MR) is 140 cm³/mol. The lowest BCUT2D eigenvalue weighted by Gasteiger charge is -2.51. The number of nitrogens with zero attached hydrogens (tertiary/aromatic N) is 2. The molecule has 0 saturated carbocycles. The molecule has 3 atom stereocenters. The lowest BCUT2D eigenvalue weighted by atomic mass is 10.0. The Morgan fingerprint density at radius 1 is 1.22 bits per heavy atom. The van der Waals surface area contributed by atoms with Gasteiger partial charge in [0.1, 0.15) is 35.6 Å². The molecule has 0 aliphatic carbocycles. The molecule has 1 aromatic heterocycles. The molecule has 1 unspecified atom stereocenters. The summed E-state index contributed by atoms with van der Waals surface area (Å²) >= 11 is 2.75. The summed E-state index contributed by atoms with van der Waals surface area (Å²) in [6.45, 7) is 3.71. The molecular formula is C25H26N4O6S2. The van der Waals surface area contributed by atoms with Crippen molar-refractivity contribution in [2.75, 3.05) is 20.8 Å². The normalized spacial score (nSPS) is 20.1. The molecule has 194 valence electrons. The highest BCUT2D eigenvalue weighted by Gasteiger charge is 2.56. The summed E-state index contributed by atoms with van der Waals surface area (Å²) in [6, 6.07) is 7.31. The number of nitrogens with one attached hydrogen (secondary N) is 2. The number of amides is 3. The molecule has 0 radical (unpaired) electrons. The number of alkyl carbamates (subject to hydrolysis) is 1. The minimum absolute atomic E-state index is 0.0285. The smallest absolute Gasteiger partial charge is 0.408 e. The average Bonchev–Trinajstić information content (AvgIpc) is 2.93. The van der Waals surface area contributed by atoms with Gasteiger partial charge in [-0.05, 0) is 29.7 Å². The monoisotopic (exact) mass is 542 g/mol. The van der Waals surface area contributed by atoms with E-state index in [-0.39, 0.29) is 25.0 Å². The van der Waals surface area contributed by atoms with Crippen LogP contribution < -0.4 is 20.1 Å². The van der Waals surface area contributed by atoms with E-state index < -0.39 is 23.6 Å². The van der Waals surface area contributed by atoms with Gasteiger partial charge in [-0.15, -0.1) is 11.8 Å². The van der Waals surface area contributed by atoms with Crippen LogP contribution in [0.3, 0.4) is 0 Å². The fourth-order valence-corrected chi connectivity index (χ4v) is 6.16. The number of aromatic nitrogens is 1. The third-order valence-electron chi connectivity index (χ3n) is 5.64. The van der Waals surface area contributed by atoms with Gasteiger partial charge in [-0.25, -0.2) is 4.79 Å². The van der Waals surface area contributed by atoms with Gasteiger partial charge in [0.25, 0.3) is 0 Å². The minimum atomic E-state index is -0.872. The standard InChI is InChI=1S/C25H26N4O6S2/c1-4-11-35-25(32)28-20-23(31)29-21(19(14-36-24(20)29)37-17-7-9-26-10-8-17)22(30)27-13-15-5-6-16(33-2)12-18(15)34-3/h4-10,12,14,20-21,24H,1,11,13H2,2-3H3,(H,27,30)(H,28,32)/t20-,21?,24-/m1/s1. The molecular weight excluding hydrogens is 516 g/mol. The van der Waals surface area contributed by atoms with Crippen molar-refractivity contribution in [3.8, 4) is 11.5 Å². The van der Waals surface area contributed by atoms with Crippen molar-refractivity contribution in [1.29, 1.82) is 0 Å². The van der Waals surface area contributed by atoms with E-state index in [1.54, 1.807) is 38.7 Å². The summed E-state index contributed by atoms with van der Waals surface area (Å²) in [7, 11) is 3.11. The molecule has 2 aromatic rings. The zero-order valence-electron chi connectivity index (χ0n) is 20.2. The summed E-state index contributed by atoms with van der Waals surface area (Å²) in [5, 5.41) is 6.93. The Bertz CT molecular complexity index is 1210. The van der Waals surface area contributed by atoms with Crippen molar-refractivity contribution >= 4 is 41.4 Å². The lowest BCUT2D eigenvalue weighted by Crippen LogP contribution is -2.74. The van der Waals surface area contributed by atoms with E-state index in [0.717, 1.165) is 10.5 Å². The summed E-state index contributed by atoms with van der Waals surface area (Å²) in [4.78, 5) is 45.8. The maximum Gasteiger partial charge on any atom is 0.408 e. The van der Waals surface area contributed by atoms with Crippen molar-refractivity contribution in [1.82, 2.24) is 20.5 Å². The first-order valence-corrected chi connectivity index (χ1v) is 13.0. The van der Waals surface area contributed by atoms with Gasteiger partial charge in [0.15, 0.2) is 0 Å². The van der Waals surface area contributed by atoms with E-state index >= 15 is 0 Å². The second-order valence-electron chi connectivity index (χ2n) is 7.88. The number of ether oxygens (including phenoxy) is 3. The first kappa shape index (κ1) is 26.4. The van der Waals surface area contributed by atoms with Gasteiger partial charge in [-0.3, -0.25) is 14.6 Å². The Balaban J connectivity index is 1.53. The van der Waals surface area contributed by atoms with Gasteiger partial charge < -0.3 is 29.7 Å². The van der Waals surface area contributed by atoms with Crippen LogP contribution in [0.1, 0.15) is 5.56 Å². The molecule has 0 spiro atoms. The Labute approximate surface area is 222 Å². The number of pyridine rings is 1. The third-order valence-corrected chi connectivity index (χ3v) is 8.04. The molecule has 2 N–H and O–H groups in total. The van der Waals surface area contributed by atoms with E-state index in [9.17, 15) is 14.4 Å². The highest BCUT2D eigenvalue weighted by atomic mass is 32.2. The fourth-order valence-electron chi connectivity index (χ4n) is 3.83. The van der Waals surface area contributed by atoms with Crippen LogP contribution >= 0.6 is 23.5 Å². The number of β-lactam (4-membered cyclic amide) rings is 1. The Hall–Kier alpha value is -3.64. The fraction of sp³-hybridized carbons (Fsp3) is 0.280. The van der Waals surface area contributed by atoms with Crippen molar-refractivity contribution in [3.05, 3.63) is 71.3 Å². The Kier molecular flexibility index (Phi) is 8.62. The number of thioether (sulfide) groups is 2. The SMILES string of the molecule is C=CCOC(=O)N[C@@H]1C(=O)N2C(C(=O)NCc3ccc(OC)cc3OC)C(Sc3ccncc3)=CS[C@H]12. The van der Waals surface area contributed by atoms with Crippen LogP contribution in [0.2, 0.25) is 0 Å².